The zero-order valence-electron chi connectivity index (χ0n) is 62.4. The Balaban J connectivity index is 0.737. The molecule has 112 heavy (non-hydrogen) atoms. The molecule has 2 aliphatic carbocycles. The molecule has 0 radical (unpaired) electrons. The lowest BCUT2D eigenvalue weighted by molar-refractivity contribution is 0.482. The van der Waals surface area contributed by atoms with Crippen LogP contribution >= 0.6 is 0 Å². The minimum Gasteiger partial charge on any atom is -0.457 e. The van der Waals surface area contributed by atoms with Gasteiger partial charge in [-0.25, -0.2) is 17.6 Å². The summed E-state index contributed by atoms with van der Waals surface area (Å²) in [5, 5.41) is 0. The van der Waals surface area contributed by atoms with Crippen LogP contribution < -0.4 is 19.3 Å². The molecule has 0 saturated heterocycles. The fourth-order valence-corrected chi connectivity index (χ4v) is 17.0. The molecule has 0 N–H and O–H groups in total. The summed E-state index contributed by atoms with van der Waals surface area (Å²) in [5.41, 5.74) is 24.5. The highest BCUT2D eigenvalue weighted by atomic mass is 19.1. The lowest BCUT2D eigenvalue weighted by Gasteiger charge is -2.35. The molecule has 0 saturated carbocycles. The van der Waals surface area contributed by atoms with E-state index in [4.69, 9.17) is 9.47 Å². The molecule has 0 aliphatic heterocycles. The maximum Gasteiger partial charge on any atom is 0.127 e. The number of halogens is 4. The van der Waals surface area contributed by atoms with Gasteiger partial charge in [0, 0.05) is 34.1 Å². The van der Waals surface area contributed by atoms with Gasteiger partial charge in [0.1, 0.15) is 46.3 Å². The van der Waals surface area contributed by atoms with E-state index in [2.05, 4.69) is 207 Å². The average molecular weight is 1470 g/mol. The van der Waals surface area contributed by atoms with Gasteiger partial charge >= 0.3 is 0 Å². The van der Waals surface area contributed by atoms with Crippen molar-refractivity contribution in [3.05, 3.63) is 443 Å². The highest BCUT2D eigenvalue weighted by Crippen LogP contribution is 2.60. The Hall–Kier alpha value is -13.3. The maximum absolute atomic E-state index is 15.2. The molecular formula is C104H80F4N2O2. The summed E-state index contributed by atoms with van der Waals surface area (Å²) in [6.07, 6.45) is 9.35. The second-order valence-corrected chi connectivity index (χ2v) is 29.0. The van der Waals surface area contributed by atoms with E-state index in [-0.39, 0.29) is 23.3 Å². The fourth-order valence-electron chi connectivity index (χ4n) is 17.0. The summed E-state index contributed by atoms with van der Waals surface area (Å²) in [6.45, 7) is 12.3. The molecule has 15 aromatic carbocycles. The monoisotopic (exact) mass is 1460 g/mol. The van der Waals surface area contributed by atoms with Crippen LogP contribution in [0.15, 0.2) is 353 Å². The van der Waals surface area contributed by atoms with E-state index in [9.17, 15) is 0 Å². The number of aryl methyl sites for hydroxylation is 2. The molecule has 8 heteroatoms. The van der Waals surface area contributed by atoms with Crippen LogP contribution in [0.2, 0.25) is 0 Å². The standard InChI is InChI=1S/C104H80F4N2O2/c1-5-9-15-73-65-98(72-27-47-84(48-28-72)110(86-51-43-82(108)44-52-86)88-54-64-96-94-18-12-14-20-100(94)104(102(96)68-88,76-31-39-80(106)40-32-76)78-35-61-92(62-36-78)112-90-57-23-70(8-4)24-58-90)74(16-10-6-2)66-97(73)71-25-45-83(46-26-71)109(85-49-41-81(107)42-50-85)87-53-63-95-93-17-11-13-19-99(93)103(101(95)67-87,75-29-37-79(105)38-30-75)77-33-59-91(60-34-77)111-89-55-21-69(7-3)22-56-89/h7-8,11-14,17-68H,3-6,9-10,15-16H2,1-2H3. The van der Waals surface area contributed by atoms with Crippen LogP contribution in [0.5, 0.6) is 23.0 Å². The third-order valence-corrected chi connectivity index (χ3v) is 22.4. The molecule has 2 atom stereocenters. The quantitative estimate of drug-likeness (QED) is 0.0563. The Labute approximate surface area is 652 Å². The number of ether oxygens (including phenoxy) is 2. The first-order valence-electron chi connectivity index (χ1n) is 38.4. The van der Waals surface area contributed by atoms with Crippen molar-refractivity contribution < 1.29 is 27.0 Å². The van der Waals surface area contributed by atoms with Crippen LogP contribution in [0.4, 0.5) is 51.7 Å². The van der Waals surface area contributed by atoms with Gasteiger partial charge in [-0.2, -0.15) is 0 Å². The van der Waals surface area contributed by atoms with E-state index in [0.29, 0.717) is 23.0 Å². The van der Waals surface area contributed by atoms with E-state index in [0.717, 1.165) is 162 Å². The summed E-state index contributed by atoms with van der Waals surface area (Å²) < 4.78 is 73.5. The van der Waals surface area contributed by atoms with Crippen molar-refractivity contribution in [2.45, 2.75) is 63.2 Å². The largest absolute Gasteiger partial charge is 0.457 e. The van der Waals surface area contributed by atoms with Gasteiger partial charge < -0.3 is 19.3 Å². The number of hydrogen-bond acceptors (Lipinski definition) is 4. The molecule has 546 valence electrons. The van der Waals surface area contributed by atoms with E-state index >= 15 is 17.6 Å². The minimum atomic E-state index is -0.895. The minimum absolute atomic E-state index is 0.326. The van der Waals surface area contributed by atoms with Crippen LogP contribution in [0.25, 0.3) is 56.7 Å². The van der Waals surface area contributed by atoms with Crippen molar-refractivity contribution in [3.63, 3.8) is 0 Å². The molecule has 0 amide bonds. The second-order valence-electron chi connectivity index (χ2n) is 29.0. The first kappa shape index (κ1) is 71.6. The van der Waals surface area contributed by atoms with Crippen molar-refractivity contribution >= 4 is 46.3 Å². The number of rotatable bonds is 24. The van der Waals surface area contributed by atoms with E-state index in [1.807, 2.05) is 121 Å². The Morgan fingerprint density at radius 2 is 0.562 bits per heavy atom. The van der Waals surface area contributed by atoms with Crippen LogP contribution in [0.1, 0.15) is 106 Å². The molecule has 2 aliphatic rings. The summed E-state index contributed by atoms with van der Waals surface area (Å²) in [5.74, 6) is 1.43. The molecule has 0 bridgehead atoms. The Morgan fingerprint density at radius 1 is 0.286 bits per heavy atom. The van der Waals surface area contributed by atoms with Crippen molar-refractivity contribution in [1.82, 2.24) is 0 Å². The number of fused-ring (bicyclic) bond motifs is 6. The zero-order valence-corrected chi connectivity index (χ0v) is 62.4. The van der Waals surface area contributed by atoms with Gasteiger partial charge in [-0.1, -0.05) is 222 Å². The number of unbranched alkanes of at least 4 members (excludes halogenated alkanes) is 2. The molecule has 0 spiro atoms. The van der Waals surface area contributed by atoms with Crippen molar-refractivity contribution in [2.24, 2.45) is 0 Å². The SMILES string of the molecule is C=Cc1ccc(Oc2ccc(C3(c4ccc(F)cc4)c4ccccc4-c4ccc(N(c5ccc(F)cc5)c5ccc(-c6cc(CCCC)c(-c7ccc(N(c8ccc(F)cc8)c8ccc9c(c8)C(c8ccc(F)cc8)(c8ccc(Oc%10ccc(C=C)cc%10)cc8)c8ccccc8-9)cc7)cc6CCCC)cc5)cc43)cc2)cc1. The third-order valence-electron chi connectivity index (χ3n) is 22.4. The van der Waals surface area contributed by atoms with Gasteiger partial charge in [0.05, 0.1) is 10.8 Å². The first-order valence-corrected chi connectivity index (χ1v) is 38.4. The first-order chi connectivity index (χ1) is 54.9. The van der Waals surface area contributed by atoms with Gasteiger partial charge in [0.2, 0.25) is 0 Å². The van der Waals surface area contributed by atoms with Crippen LogP contribution in [-0.4, -0.2) is 0 Å². The number of benzene rings is 15. The molecule has 15 aromatic rings. The van der Waals surface area contributed by atoms with Gasteiger partial charge in [0.15, 0.2) is 0 Å². The Kier molecular flexibility index (Phi) is 19.6. The van der Waals surface area contributed by atoms with E-state index < -0.39 is 10.8 Å². The summed E-state index contributed by atoms with van der Waals surface area (Å²) in [7, 11) is 0. The normalized spacial score (nSPS) is 14.3. The maximum atomic E-state index is 15.2. The summed E-state index contributed by atoms with van der Waals surface area (Å²) in [4.78, 5) is 4.39. The predicted octanol–water partition coefficient (Wildman–Crippen LogP) is 28.8. The van der Waals surface area contributed by atoms with Gasteiger partial charge in [-0.3, -0.25) is 0 Å². The summed E-state index contributed by atoms with van der Waals surface area (Å²) in [6, 6.07) is 112. The molecular weight excluding hydrogens is 1390 g/mol. The van der Waals surface area contributed by atoms with Gasteiger partial charge in [0.25, 0.3) is 0 Å². The fraction of sp³-hybridized carbons (Fsp3) is 0.0962. The van der Waals surface area contributed by atoms with Crippen molar-refractivity contribution in [3.8, 4) is 67.5 Å². The molecule has 0 heterocycles. The zero-order chi connectivity index (χ0) is 76.5. The van der Waals surface area contributed by atoms with Crippen LogP contribution in [-0.2, 0) is 23.7 Å². The third kappa shape index (κ3) is 13.2. The van der Waals surface area contributed by atoms with Gasteiger partial charge in [-0.05, 0) is 307 Å². The van der Waals surface area contributed by atoms with Crippen LogP contribution in [0, 0.1) is 23.3 Å². The number of hydrogen-bond donors (Lipinski definition) is 0. The number of nitrogens with zero attached hydrogens (tertiary/aromatic N) is 2. The topological polar surface area (TPSA) is 24.9 Å². The van der Waals surface area contributed by atoms with Crippen LogP contribution in [0.3, 0.4) is 0 Å². The van der Waals surface area contributed by atoms with E-state index in [1.54, 1.807) is 36.4 Å². The highest BCUT2D eigenvalue weighted by Gasteiger charge is 2.48. The summed E-state index contributed by atoms with van der Waals surface area (Å²) >= 11 is 0. The number of anilines is 6. The highest BCUT2D eigenvalue weighted by molar-refractivity contribution is 5.92. The molecule has 17 rings (SSSR count). The van der Waals surface area contributed by atoms with Gasteiger partial charge in [-0.15, -0.1) is 0 Å². The lowest BCUT2D eigenvalue weighted by atomic mass is 9.67. The Bertz CT molecular complexity index is 5580. The van der Waals surface area contributed by atoms with Crippen molar-refractivity contribution in [1.29, 1.82) is 0 Å². The molecule has 2 unspecified atom stereocenters. The molecule has 4 nitrogen and oxygen atoms in total. The molecule has 0 aromatic heterocycles. The predicted molar refractivity (Wildman–Crippen MR) is 452 cm³/mol. The van der Waals surface area contributed by atoms with E-state index in [1.165, 1.54) is 46.5 Å². The van der Waals surface area contributed by atoms with Crippen molar-refractivity contribution in [2.75, 3.05) is 9.80 Å². The Morgan fingerprint density at radius 3 is 0.884 bits per heavy atom. The molecule has 0 fully saturated rings. The second kappa shape index (κ2) is 30.6. The lowest BCUT2D eigenvalue weighted by Crippen LogP contribution is -2.28. The average Bonchev–Trinajstić information content (AvgIpc) is 1.54. The smallest absolute Gasteiger partial charge is 0.127 e.